The van der Waals surface area contributed by atoms with Gasteiger partial charge in [0.25, 0.3) is 5.91 Å². The molecule has 10 heteroatoms. The van der Waals surface area contributed by atoms with Crippen LogP contribution < -0.4 is 5.32 Å². The molecule has 1 unspecified atom stereocenters. The minimum Gasteiger partial charge on any atom is -0.448 e. The third-order valence-corrected chi connectivity index (χ3v) is 4.66. The Bertz CT molecular complexity index is 1070. The first kappa shape index (κ1) is 20.7. The second-order valence-electron chi connectivity index (χ2n) is 6.02. The van der Waals surface area contributed by atoms with Crippen LogP contribution in [-0.2, 0) is 15.7 Å². The van der Waals surface area contributed by atoms with Gasteiger partial charge in [0, 0.05) is 11.9 Å². The smallest absolute Gasteiger partial charge is 0.416 e. The third kappa shape index (κ3) is 4.53. The van der Waals surface area contributed by atoms with Crippen molar-refractivity contribution in [2.75, 3.05) is 11.6 Å². The molecular weight excluding hydrogens is 407 g/mol. The van der Waals surface area contributed by atoms with Gasteiger partial charge in [0.1, 0.15) is 0 Å². The number of anilines is 1. The van der Waals surface area contributed by atoms with Crippen molar-refractivity contribution < 1.29 is 27.5 Å². The van der Waals surface area contributed by atoms with E-state index in [2.05, 4.69) is 10.3 Å². The molecular formula is C19H16F3N3O3S. The molecule has 0 aliphatic heterocycles. The predicted molar refractivity (Wildman–Crippen MR) is 102 cm³/mol. The van der Waals surface area contributed by atoms with E-state index < -0.39 is 29.7 Å². The summed E-state index contributed by atoms with van der Waals surface area (Å²) in [6.07, 6.45) is -2.22. The fourth-order valence-electron chi connectivity index (χ4n) is 2.59. The lowest BCUT2D eigenvalue weighted by Crippen LogP contribution is -2.30. The normalized spacial score (nSPS) is 12.6. The molecule has 1 atom stereocenters. The number of pyridine rings is 1. The first-order valence-electron chi connectivity index (χ1n) is 8.41. The number of thioether (sulfide) groups is 1. The van der Waals surface area contributed by atoms with Crippen LogP contribution in [0.5, 0.6) is 0 Å². The van der Waals surface area contributed by atoms with Crippen molar-refractivity contribution >= 4 is 34.8 Å². The van der Waals surface area contributed by atoms with Crippen LogP contribution in [0.1, 0.15) is 23.0 Å². The quantitative estimate of drug-likeness (QED) is 0.490. The van der Waals surface area contributed by atoms with E-state index in [9.17, 15) is 22.8 Å². The van der Waals surface area contributed by atoms with Gasteiger partial charge in [0.2, 0.25) is 0 Å². The lowest BCUT2D eigenvalue weighted by atomic mass is 10.2. The summed E-state index contributed by atoms with van der Waals surface area (Å²) in [5, 5.41) is 2.90. The number of aromatic nitrogens is 2. The summed E-state index contributed by atoms with van der Waals surface area (Å²) >= 11 is 1.34. The first-order chi connectivity index (χ1) is 13.7. The van der Waals surface area contributed by atoms with Gasteiger partial charge in [0.15, 0.2) is 17.0 Å². The van der Waals surface area contributed by atoms with Gasteiger partial charge < -0.3 is 10.1 Å². The molecule has 3 aromatic rings. The molecule has 0 saturated carbocycles. The zero-order chi connectivity index (χ0) is 21.2. The highest BCUT2D eigenvalue weighted by molar-refractivity contribution is 7.98. The minimum atomic E-state index is -4.53. The van der Waals surface area contributed by atoms with E-state index >= 15 is 0 Å². The molecule has 0 fully saturated rings. The molecule has 1 aromatic carbocycles. The maximum absolute atomic E-state index is 12.8. The maximum Gasteiger partial charge on any atom is 0.416 e. The van der Waals surface area contributed by atoms with Gasteiger partial charge in [-0.25, -0.2) is 9.78 Å². The zero-order valence-corrected chi connectivity index (χ0v) is 16.2. The van der Waals surface area contributed by atoms with Crippen molar-refractivity contribution in [1.82, 2.24) is 9.38 Å². The standard InChI is InChI=1S/C19H16F3N3O3S/c1-11(16(26)23-13-7-5-6-12(10-13)19(20,21)22)28-17(27)15-14-8-3-4-9-25(14)18(24-15)29-2/h3-11H,1-2H3,(H,23,26). The van der Waals surface area contributed by atoms with E-state index in [0.717, 1.165) is 12.1 Å². The number of carbonyl (C=O) groups is 2. The Hall–Kier alpha value is -3.01. The van der Waals surface area contributed by atoms with Crippen LogP contribution in [-0.4, -0.2) is 33.6 Å². The van der Waals surface area contributed by atoms with Crippen molar-refractivity contribution in [2.45, 2.75) is 24.4 Å². The Labute approximate surface area is 168 Å². The van der Waals surface area contributed by atoms with E-state index in [-0.39, 0.29) is 11.4 Å². The highest BCUT2D eigenvalue weighted by Gasteiger charge is 2.31. The van der Waals surface area contributed by atoms with Gasteiger partial charge in [-0.15, -0.1) is 0 Å². The number of hydrogen-bond donors (Lipinski definition) is 1. The fourth-order valence-corrected chi connectivity index (χ4v) is 3.13. The minimum absolute atomic E-state index is 0.0497. The van der Waals surface area contributed by atoms with Crippen LogP contribution in [0.25, 0.3) is 5.52 Å². The van der Waals surface area contributed by atoms with Gasteiger partial charge in [-0.3, -0.25) is 9.20 Å². The lowest BCUT2D eigenvalue weighted by molar-refractivity contribution is -0.137. The molecule has 0 saturated heterocycles. The summed E-state index contributed by atoms with van der Waals surface area (Å²) in [4.78, 5) is 29.0. The monoisotopic (exact) mass is 423 g/mol. The van der Waals surface area contributed by atoms with Crippen LogP contribution in [0.4, 0.5) is 18.9 Å². The molecule has 1 N–H and O–H groups in total. The number of benzene rings is 1. The molecule has 2 aromatic heterocycles. The van der Waals surface area contributed by atoms with Gasteiger partial charge in [-0.1, -0.05) is 23.9 Å². The molecule has 152 valence electrons. The second-order valence-corrected chi connectivity index (χ2v) is 6.79. The van der Waals surface area contributed by atoms with Gasteiger partial charge >= 0.3 is 12.1 Å². The number of nitrogens with zero attached hydrogens (tertiary/aromatic N) is 2. The van der Waals surface area contributed by atoms with Gasteiger partial charge in [-0.05, 0) is 43.5 Å². The molecule has 0 spiro atoms. The Balaban J connectivity index is 1.73. The van der Waals surface area contributed by atoms with E-state index in [4.69, 9.17) is 4.74 Å². The average Bonchev–Trinajstić information content (AvgIpc) is 3.06. The summed E-state index contributed by atoms with van der Waals surface area (Å²) in [6.45, 7) is 1.33. The largest absolute Gasteiger partial charge is 0.448 e. The van der Waals surface area contributed by atoms with Crippen molar-refractivity contribution in [3.05, 3.63) is 59.9 Å². The van der Waals surface area contributed by atoms with Crippen LogP contribution in [0.2, 0.25) is 0 Å². The molecule has 3 rings (SSSR count). The maximum atomic E-state index is 12.8. The summed E-state index contributed by atoms with van der Waals surface area (Å²) in [6, 6.07) is 9.41. The Morgan fingerprint density at radius 3 is 2.66 bits per heavy atom. The number of imidazole rings is 1. The number of hydrogen-bond acceptors (Lipinski definition) is 5. The molecule has 2 heterocycles. The van der Waals surface area contributed by atoms with Crippen LogP contribution >= 0.6 is 11.8 Å². The summed E-state index contributed by atoms with van der Waals surface area (Å²) in [5.41, 5.74) is -0.375. The van der Waals surface area contributed by atoms with Crippen molar-refractivity contribution in [1.29, 1.82) is 0 Å². The lowest BCUT2D eigenvalue weighted by Gasteiger charge is -2.14. The third-order valence-electron chi connectivity index (χ3n) is 4.00. The number of halogens is 3. The van der Waals surface area contributed by atoms with E-state index in [1.165, 1.54) is 30.8 Å². The topological polar surface area (TPSA) is 72.7 Å². The number of fused-ring (bicyclic) bond motifs is 1. The van der Waals surface area contributed by atoms with E-state index in [1.807, 2.05) is 6.26 Å². The molecule has 0 bridgehead atoms. The van der Waals surface area contributed by atoms with Crippen molar-refractivity contribution in [3.8, 4) is 0 Å². The highest BCUT2D eigenvalue weighted by atomic mass is 32.2. The second kappa shape index (κ2) is 8.16. The molecule has 0 radical (unpaired) electrons. The average molecular weight is 423 g/mol. The van der Waals surface area contributed by atoms with E-state index in [0.29, 0.717) is 10.7 Å². The zero-order valence-electron chi connectivity index (χ0n) is 15.4. The fraction of sp³-hybridized carbons (Fsp3) is 0.211. The number of amides is 1. The summed E-state index contributed by atoms with van der Waals surface area (Å²) < 4.78 is 45.3. The number of nitrogens with one attached hydrogen (secondary N) is 1. The number of rotatable bonds is 5. The van der Waals surface area contributed by atoms with Crippen molar-refractivity contribution in [2.24, 2.45) is 0 Å². The van der Waals surface area contributed by atoms with Gasteiger partial charge in [-0.2, -0.15) is 13.2 Å². The number of ether oxygens (including phenoxy) is 1. The summed E-state index contributed by atoms with van der Waals surface area (Å²) in [5.74, 6) is -1.56. The van der Waals surface area contributed by atoms with Crippen LogP contribution in [0.3, 0.4) is 0 Å². The molecule has 1 amide bonds. The Morgan fingerprint density at radius 1 is 1.21 bits per heavy atom. The van der Waals surface area contributed by atoms with Gasteiger partial charge in [0.05, 0.1) is 11.1 Å². The van der Waals surface area contributed by atoms with Crippen molar-refractivity contribution in [3.63, 3.8) is 0 Å². The highest BCUT2D eigenvalue weighted by Crippen LogP contribution is 2.30. The molecule has 29 heavy (non-hydrogen) atoms. The SMILES string of the molecule is CSc1nc(C(=O)OC(C)C(=O)Nc2cccc(C(F)(F)F)c2)c2ccccn12. The van der Waals surface area contributed by atoms with E-state index in [1.54, 1.807) is 28.8 Å². The predicted octanol–water partition coefficient (Wildman–Crippen LogP) is 4.26. The molecule has 0 aliphatic rings. The number of alkyl halides is 3. The molecule has 0 aliphatic carbocycles. The van der Waals surface area contributed by atoms with Crippen LogP contribution in [0, 0.1) is 0 Å². The molecule has 6 nitrogen and oxygen atoms in total. The van der Waals surface area contributed by atoms with Crippen LogP contribution in [0.15, 0.2) is 53.8 Å². The number of esters is 1. The first-order valence-corrected chi connectivity index (χ1v) is 9.63. The number of carbonyl (C=O) groups excluding carboxylic acids is 2. The Kier molecular flexibility index (Phi) is 5.83. The Morgan fingerprint density at radius 2 is 1.97 bits per heavy atom. The summed E-state index contributed by atoms with van der Waals surface area (Å²) in [7, 11) is 0.